The SMILES string of the molecule is CC(CC(=O)N=c1sccn1C)c1ccccc1. The number of carbonyl (C=O) groups excluding carboxylic acids is 1. The Morgan fingerprint density at radius 3 is 2.72 bits per heavy atom. The number of benzene rings is 1. The minimum absolute atomic E-state index is 0.0654. The first kappa shape index (κ1) is 12.8. The molecule has 0 bridgehead atoms. The van der Waals surface area contributed by atoms with E-state index in [2.05, 4.69) is 11.9 Å². The van der Waals surface area contributed by atoms with Crippen molar-refractivity contribution in [3.8, 4) is 0 Å². The molecule has 4 heteroatoms. The first-order valence-corrected chi connectivity index (χ1v) is 6.77. The summed E-state index contributed by atoms with van der Waals surface area (Å²) in [5, 5.41) is 1.92. The van der Waals surface area contributed by atoms with Gasteiger partial charge in [0.25, 0.3) is 0 Å². The van der Waals surface area contributed by atoms with Gasteiger partial charge in [0.15, 0.2) is 4.80 Å². The van der Waals surface area contributed by atoms with E-state index in [0.29, 0.717) is 6.42 Å². The molecule has 1 aromatic heterocycles. The van der Waals surface area contributed by atoms with Crippen LogP contribution in [0.2, 0.25) is 0 Å². The maximum absolute atomic E-state index is 11.9. The molecule has 3 nitrogen and oxygen atoms in total. The third-order valence-corrected chi connectivity index (χ3v) is 3.68. The van der Waals surface area contributed by atoms with E-state index >= 15 is 0 Å². The summed E-state index contributed by atoms with van der Waals surface area (Å²) >= 11 is 1.48. The molecule has 0 aliphatic rings. The highest BCUT2D eigenvalue weighted by molar-refractivity contribution is 7.07. The van der Waals surface area contributed by atoms with Crippen LogP contribution < -0.4 is 4.80 Å². The molecule has 1 amide bonds. The average Bonchev–Trinajstić information content (AvgIpc) is 2.76. The number of aromatic nitrogens is 1. The Labute approximate surface area is 110 Å². The molecule has 2 aromatic rings. The van der Waals surface area contributed by atoms with Gasteiger partial charge in [0.2, 0.25) is 5.91 Å². The average molecular weight is 260 g/mol. The second kappa shape index (κ2) is 5.78. The lowest BCUT2D eigenvalue weighted by Crippen LogP contribution is -2.13. The van der Waals surface area contributed by atoms with Gasteiger partial charge in [-0.3, -0.25) is 4.79 Å². The molecule has 0 aliphatic carbocycles. The number of aryl methyl sites for hydroxylation is 1. The molecule has 0 fully saturated rings. The van der Waals surface area contributed by atoms with E-state index in [0.717, 1.165) is 4.80 Å². The second-order valence-corrected chi connectivity index (χ2v) is 5.19. The lowest BCUT2D eigenvalue weighted by atomic mass is 9.98. The summed E-state index contributed by atoms with van der Waals surface area (Å²) < 4.78 is 1.86. The lowest BCUT2D eigenvalue weighted by molar-refractivity contribution is -0.118. The molecule has 1 unspecified atom stereocenters. The zero-order valence-corrected chi connectivity index (χ0v) is 11.4. The zero-order chi connectivity index (χ0) is 13.0. The normalized spacial score (nSPS) is 13.6. The monoisotopic (exact) mass is 260 g/mol. The van der Waals surface area contributed by atoms with E-state index < -0.39 is 0 Å². The molecule has 0 spiro atoms. The van der Waals surface area contributed by atoms with Crippen molar-refractivity contribution in [2.75, 3.05) is 0 Å². The van der Waals surface area contributed by atoms with Gasteiger partial charge in [-0.25, -0.2) is 0 Å². The first-order chi connectivity index (χ1) is 8.66. The van der Waals surface area contributed by atoms with E-state index in [4.69, 9.17) is 0 Å². The van der Waals surface area contributed by atoms with Gasteiger partial charge < -0.3 is 4.57 Å². The van der Waals surface area contributed by atoms with Crippen LogP contribution >= 0.6 is 11.3 Å². The topological polar surface area (TPSA) is 34.4 Å². The van der Waals surface area contributed by atoms with Crippen LogP contribution in [0.3, 0.4) is 0 Å². The van der Waals surface area contributed by atoms with Crippen LogP contribution in [-0.4, -0.2) is 10.5 Å². The van der Waals surface area contributed by atoms with Crippen LogP contribution in [0.5, 0.6) is 0 Å². The van der Waals surface area contributed by atoms with E-state index in [1.807, 2.05) is 53.5 Å². The molecular weight excluding hydrogens is 244 g/mol. The summed E-state index contributed by atoms with van der Waals surface area (Å²) in [6.45, 7) is 2.05. The van der Waals surface area contributed by atoms with Crippen molar-refractivity contribution in [2.45, 2.75) is 19.3 Å². The van der Waals surface area contributed by atoms with Gasteiger partial charge in [0.05, 0.1) is 0 Å². The minimum atomic E-state index is -0.0654. The van der Waals surface area contributed by atoms with E-state index in [1.54, 1.807) is 0 Å². The molecule has 18 heavy (non-hydrogen) atoms. The van der Waals surface area contributed by atoms with Crippen LogP contribution in [-0.2, 0) is 11.8 Å². The molecule has 0 saturated carbocycles. The summed E-state index contributed by atoms with van der Waals surface area (Å²) in [5.74, 6) is 0.136. The fourth-order valence-electron chi connectivity index (χ4n) is 1.75. The number of nitrogens with zero attached hydrogens (tertiary/aromatic N) is 2. The van der Waals surface area contributed by atoms with Gasteiger partial charge in [-0.05, 0) is 11.5 Å². The van der Waals surface area contributed by atoms with Crippen molar-refractivity contribution in [2.24, 2.45) is 12.0 Å². The number of hydrogen-bond donors (Lipinski definition) is 0. The second-order valence-electron chi connectivity index (χ2n) is 4.32. The van der Waals surface area contributed by atoms with Gasteiger partial charge in [0.1, 0.15) is 0 Å². The quantitative estimate of drug-likeness (QED) is 0.835. The van der Waals surface area contributed by atoms with E-state index in [-0.39, 0.29) is 11.8 Å². The third kappa shape index (κ3) is 3.17. The Bertz CT molecular complexity index is 583. The molecule has 1 aromatic carbocycles. The minimum Gasteiger partial charge on any atom is -0.327 e. The number of thiazole rings is 1. The van der Waals surface area contributed by atoms with Crippen LogP contribution in [0.1, 0.15) is 24.8 Å². The number of amides is 1. The molecule has 1 atom stereocenters. The van der Waals surface area contributed by atoms with E-state index in [1.165, 1.54) is 16.9 Å². The molecule has 0 radical (unpaired) electrons. The summed E-state index contributed by atoms with van der Waals surface area (Å²) in [7, 11) is 1.89. The fraction of sp³-hybridized carbons (Fsp3) is 0.286. The Morgan fingerprint density at radius 2 is 2.11 bits per heavy atom. The maximum atomic E-state index is 11.9. The summed E-state index contributed by atoms with van der Waals surface area (Å²) in [6.07, 6.45) is 2.35. The number of hydrogen-bond acceptors (Lipinski definition) is 2. The lowest BCUT2D eigenvalue weighted by Gasteiger charge is -2.08. The molecule has 0 saturated heterocycles. The highest BCUT2D eigenvalue weighted by Gasteiger charge is 2.10. The van der Waals surface area contributed by atoms with Crippen molar-refractivity contribution in [1.29, 1.82) is 0 Å². The first-order valence-electron chi connectivity index (χ1n) is 5.89. The summed E-state index contributed by atoms with van der Waals surface area (Å²) in [6, 6.07) is 10.1. The molecule has 0 aliphatic heterocycles. The Hall–Kier alpha value is -1.68. The van der Waals surface area contributed by atoms with Gasteiger partial charge in [-0.1, -0.05) is 37.3 Å². The standard InChI is InChI=1S/C14H16N2OS/c1-11(12-6-4-3-5-7-12)10-13(17)15-14-16(2)8-9-18-14/h3-9,11H,10H2,1-2H3. The smallest absolute Gasteiger partial charge is 0.248 e. The molecule has 2 rings (SSSR count). The predicted molar refractivity (Wildman–Crippen MR) is 73.3 cm³/mol. The zero-order valence-electron chi connectivity index (χ0n) is 10.5. The maximum Gasteiger partial charge on any atom is 0.248 e. The molecular formula is C14H16N2OS. The predicted octanol–water partition coefficient (Wildman–Crippen LogP) is 2.71. The summed E-state index contributed by atoms with van der Waals surface area (Å²) in [5.41, 5.74) is 1.18. The highest BCUT2D eigenvalue weighted by atomic mass is 32.1. The van der Waals surface area contributed by atoms with Crippen LogP contribution in [0, 0.1) is 0 Å². The Kier molecular flexibility index (Phi) is 4.10. The number of rotatable bonds is 3. The van der Waals surface area contributed by atoms with Gasteiger partial charge in [-0.15, -0.1) is 11.3 Å². The van der Waals surface area contributed by atoms with Crippen molar-refractivity contribution in [1.82, 2.24) is 4.57 Å². The highest BCUT2D eigenvalue weighted by Crippen LogP contribution is 2.18. The molecule has 1 heterocycles. The van der Waals surface area contributed by atoms with Gasteiger partial charge in [0, 0.05) is 25.0 Å². The molecule has 94 valence electrons. The Morgan fingerprint density at radius 1 is 1.39 bits per heavy atom. The molecule has 0 N–H and O–H groups in total. The van der Waals surface area contributed by atoms with Crippen LogP contribution in [0.15, 0.2) is 46.9 Å². The van der Waals surface area contributed by atoms with Crippen LogP contribution in [0.4, 0.5) is 0 Å². The van der Waals surface area contributed by atoms with Crippen molar-refractivity contribution >= 4 is 17.2 Å². The van der Waals surface area contributed by atoms with Crippen molar-refractivity contribution in [3.63, 3.8) is 0 Å². The third-order valence-electron chi connectivity index (χ3n) is 2.83. The van der Waals surface area contributed by atoms with Crippen molar-refractivity contribution < 1.29 is 4.79 Å². The van der Waals surface area contributed by atoms with Gasteiger partial charge in [-0.2, -0.15) is 4.99 Å². The summed E-state index contributed by atoms with van der Waals surface area (Å²) in [4.78, 5) is 16.7. The Balaban J connectivity index is 2.07. The van der Waals surface area contributed by atoms with Crippen molar-refractivity contribution in [3.05, 3.63) is 52.3 Å². The van der Waals surface area contributed by atoms with Crippen LogP contribution in [0.25, 0.3) is 0 Å². The largest absolute Gasteiger partial charge is 0.327 e. The van der Waals surface area contributed by atoms with Gasteiger partial charge >= 0.3 is 0 Å². The number of carbonyl (C=O) groups is 1. The van der Waals surface area contributed by atoms with E-state index in [9.17, 15) is 4.79 Å². The fourth-order valence-corrected chi connectivity index (χ4v) is 2.50.